The molecule has 17 heavy (non-hydrogen) atoms. The Hall–Kier alpha value is -1.25. The smallest absolute Gasteiger partial charge is 0.261 e. The summed E-state index contributed by atoms with van der Waals surface area (Å²) in [4.78, 5) is -0.104. The Labute approximate surface area is 105 Å². The molecule has 0 N–H and O–H groups in total. The van der Waals surface area contributed by atoms with Gasteiger partial charge in [0.15, 0.2) is 0 Å². The van der Waals surface area contributed by atoms with Crippen LogP contribution in [0.1, 0.15) is 19.4 Å². The highest BCUT2D eigenvalue weighted by atomic mass is 35.7. The first-order valence-electron chi connectivity index (χ1n) is 4.96. The van der Waals surface area contributed by atoms with E-state index in [9.17, 15) is 8.42 Å². The molecule has 0 bridgehead atoms. The van der Waals surface area contributed by atoms with Crippen LogP contribution in [0.2, 0.25) is 0 Å². The molecule has 92 valence electrons. The molecule has 0 atom stereocenters. The van der Waals surface area contributed by atoms with Crippen molar-refractivity contribution in [3.63, 3.8) is 0 Å². The third-order valence-corrected chi connectivity index (χ3v) is 3.28. The first kappa shape index (κ1) is 13.8. The predicted octanol–water partition coefficient (Wildman–Crippen LogP) is 2.52. The lowest BCUT2D eigenvalue weighted by molar-refractivity contribution is 0.270. The van der Waals surface area contributed by atoms with Crippen molar-refractivity contribution in [3.8, 4) is 11.8 Å². The van der Waals surface area contributed by atoms with E-state index < -0.39 is 9.05 Å². The zero-order valence-corrected chi connectivity index (χ0v) is 11.0. The van der Waals surface area contributed by atoms with Crippen molar-refractivity contribution in [1.82, 2.24) is 0 Å². The summed E-state index contributed by atoms with van der Waals surface area (Å²) in [6.45, 7) is 4.41. The topological polar surface area (TPSA) is 67.2 Å². The third-order valence-electron chi connectivity index (χ3n) is 1.93. The molecule has 0 aromatic heterocycles. The summed E-state index contributed by atoms with van der Waals surface area (Å²) in [6, 6.07) is 5.85. The summed E-state index contributed by atoms with van der Waals surface area (Å²) in [6.07, 6.45) is 0. The summed E-state index contributed by atoms with van der Waals surface area (Å²) in [7, 11) is 1.37. The van der Waals surface area contributed by atoms with Crippen molar-refractivity contribution >= 4 is 19.7 Å². The van der Waals surface area contributed by atoms with E-state index in [4.69, 9.17) is 20.7 Å². The summed E-state index contributed by atoms with van der Waals surface area (Å²) >= 11 is 0. The second kappa shape index (κ2) is 5.39. The fraction of sp³-hybridized carbons (Fsp3) is 0.364. The Balaban J connectivity index is 3.07. The molecule has 6 heteroatoms. The molecular formula is C11H12ClNO3S. The van der Waals surface area contributed by atoms with Crippen LogP contribution in [0.25, 0.3) is 0 Å². The van der Waals surface area contributed by atoms with E-state index in [0.717, 1.165) is 0 Å². The molecule has 1 aromatic rings. The quantitative estimate of drug-likeness (QED) is 0.791. The highest BCUT2D eigenvalue weighted by Gasteiger charge is 2.13. The Kier molecular flexibility index (Phi) is 4.38. The van der Waals surface area contributed by atoms with Gasteiger partial charge in [-0.2, -0.15) is 5.26 Å². The Morgan fingerprint density at radius 2 is 2.12 bits per heavy atom. The fourth-order valence-corrected chi connectivity index (χ4v) is 1.91. The summed E-state index contributed by atoms with van der Waals surface area (Å²) in [5.41, 5.74) is 0.160. The van der Waals surface area contributed by atoms with Crippen LogP contribution in [0, 0.1) is 17.2 Å². The first-order chi connectivity index (χ1) is 7.84. The molecule has 0 heterocycles. The molecular weight excluding hydrogens is 262 g/mol. The second-order valence-corrected chi connectivity index (χ2v) is 6.48. The van der Waals surface area contributed by atoms with E-state index in [2.05, 4.69) is 0 Å². The van der Waals surface area contributed by atoms with Crippen LogP contribution >= 0.6 is 10.7 Å². The van der Waals surface area contributed by atoms with Crippen LogP contribution in [0.4, 0.5) is 0 Å². The van der Waals surface area contributed by atoms with Gasteiger partial charge in [0.05, 0.1) is 17.1 Å². The van der Waals surface area contributed by atoms with Crippen molar-refractivity contribution in [3.05, 3.63) is 23.8 Å². The number of nitrogens with zero attached hydrogens (tertiary/aromatic N) is 1. The van der Waals surface area contributed by atoms with Gasteiger partial charge in [-0.3, -0.25) is 0 Å². The van der Waals surface area contributed by atoms with Crippen LogP contribution in [0.5, 0.6) is 5.75 Å². The normalized spacial score (nSPS) is 11.2. The van der Waals surface area contributed by atoms with E-state index in [-0.39, 0.29) is 10.5 Å². The SMILES string of the molecule is CC(C)COc1ccc(S(=O)(=O)Cl)cc1C#N. The summed E-state index contributed by atoms with van der Waals surface area (Å²) in [5.74, 6) is 0.684. The van der Waals surface area contributed by atoms with Gasteiger partial charge in [0.2, 0.25) is 0 Å². The van der Waals surface area contributed by atoms with Crippen molar-refractivity contribution in [2.45, 2.75) is 18.7 Å². The number of hydrogen-bond donors (Lipinski definition) is 0. The predicted molar refractivity (Wildman–Crippen MR) is 64.5 cm³/mol. The highest BCUT2D eigenvalue weighted by molar-refractivity contribution is 8.13. The molecule has 1 aromatic carbocycles. The third kappa shape index (κ3) is 3.91. The molecule has 0 radical (unpaired) electrons. The minimum Gasteiger partial charge on any atom is -0.492 e. The largest absolute Gasteiger partial charge is 0.492 e. The van der Waals surface area contributed by atoms with E-state index in [1.165, 1.54) is 18.2 Å². The molecule has 0 aliphatic heterocycles. The van der Waals surface area contributed by atoms with Gasteiger partial charge < -0.3 is 4.74 Å². The standard InChI is InChI=1S/C11H12ClNO3S/c1-8(2)7-16-11-4-3-10(17(12,14)15)5-9(11)6-13/h3-5,8H,7H2,1-2H3. The number of benzene rings is 1. The van der Waals surface area contributed by atoms with Gasteiger partial charge in [0.25, 0.3) is 9.05 Å². The number of ether oxygens (including phenoxy) is 1. The van der Waals surface area contributed by atoms with Crippen LogP contribution in [0.3, 0.4) is 0 Å². The maximum atomic E-state index is 11.1. The average Bonchev–Trinajstić information content (AvgIpc) is 2.24. The summed E-state index contributed by atoms with van der Waals surface area (Å²) in [5, 5.41) is 8.91. The monoisotopic (exact) mass is 273 g/mol. The fourth-order valence-electron chi connectivity index (χ4n) is 1.13. The number of rotatable bonds is 4. The van der Waals surface area contributed by atoms with Crippen molar-refractivity contribution in [2.75, 3.05) is 6.61 Å². The van der Waals surface area contributed by atoms with Gasteiger partial charge in [0.1, 0.15) is 11.8 Å². The lowest BCUT2D eigenvalue weighted by atomic mass is 10.2. The minimum absolute atomic E-state index is 0.104. The molecule has 0 saturated carbocycles. The molecule has 0 unspecified atom stereocenters. The molecule has 0 fully saturated rings. The highest BCUT2D eigenvalue weighted by Crippen LogP contribution is 2.24. The van der Waals surface area contributed by atoms with E-state index in [1.807, 2.05) is 19.9 Å². The number of nitriles is 1. The van der Waals surface area contributed by atoms with Crippen molar-refractivity contribution < 1.29 is 13.2 Å². The van der Waals surface area contributed by atoms with Gasteiger partial charge in [-0.15, -0.1) is 0 Å². The van der Waals surface area contributed by atoms with E-state index >= 15 is 0 Å². The lowest BCUT2D eigenvalue weighted by Crippen LogP contribution is -2.06. The maximum absolute atomic E-state index is 11.1. The molecule has 4 nitrogen and oxygen atoms in total. The maximum Gasteiger partial charge on any atom is 0.261 e. The van der Waals surface area contributed by atoms with Gasteiger partial charge in [-0.1, -0.05) is 13.8 Å². The van der Waals surface area contributed by atoms with E-state index in [0.29, 0.717) is 18.3 Å². The summed E-state index contributed by atoms with van der Waals surface area (Å²) < 4.78 is 27.6. The van der Waals surface area contributed by atoms with Crippen molar-refractivity contribution in [2.24, 2.45) is 5.92 Å². The van der Waals surface area contributed by atoms with Gasteiger partial charge >= 0.3 is 0 Å². The molecule has 0 aliphatic rings. The van der Waals surface area contributed by atoms with Crippen LogP contribution in [0.15, 0.2) is 23.1 Å². The minimum atomic E-state index is -3.82. The zero-order valence-electron chi connectivity index (χ0n) is 9.47. The van der Waals surface area contributed by atoms with Crippen molar-refractivity contribution in [1.29, 1.82) is 5.26 Å². The Morgan fingerprint density at radius 1 is 1.47 bits per heavy atom. The van der Waals surface area contributed by atoms with E-state index in [1.54, 1.807) is 0 Å². The molecule has 0 saturated heterocycles. The molecule has 1 rings (SSSR count). The Morgan fingerprint density at radius 3 is 2.59 bits per heavy atom. The lowest BCUT2D eigenvalue weighted by Gasteiger charge is -2.10. The molecule has 0 spiro atoms. The zero-order chi connectivity index (χ0) is 13.1. The van der Waals surface area contributed by atoms with Gasteiger partial charge in [-0.25, -0.2) is 8.42 Å². The van der Waals surface area contributed by atoms with Gasteiger partial charge in [-0.05, 0) is 24.1 Å². The van der Waals surface area contributed by atoms with Crippen LogP contribution in [-0.2, 0) is 9.05 Å². The average molecular weight is 274 g/mol. The number of hydrogen-bond acceptors (Lipinski definition) is 4. The van der Waals surface area contributed by atoms with Crippen LogP contribution < -0.4 is 4.74 Å². The second-order valence-electron chi connectivity index (χ2n) is 3.91. The first-order valence-corrected chi connectivity index (χ1v) is 7.27. The number of halogens is 1. The Bertz CT molecular complexity index is 546. The van der Waals surface area contributed by atoms with Crippen LogP contribution in [-0.4, -0.2) is 15.0 Å². The van der Waals surface area contributed by atoms with Gasteiger partial charge in [0, 0.05) is 10.7 Å². The molecule has 0 aliphatic carbocycles. The molecule has 0 amide bonds.